The van der Waals surface area contributed by atoms with Crippen LogP contribution < -0.4 is 4.74 Å². The molecule has 2 rings (SSSR count). The molecule has 1 aromatic carbocycles. The summed E-state index contributed by atoms with van der Waals surface area (Å²) in [7, 11) is 0. The highest BCUT2D eigenvalue weighted by atomic mass is 16.5. The molecule has 0 saturated heterocycles. The summed E-state index contributed by atoms with van der Waals surface area (Å²) in [5, 5.41) is 13.8. The number of aliphatic hydroxyl groups excluding tert-OH is 1. The summed E-state index contributed by atoms with van der Waals surface area (Å²) in [4.78, 5) is 4.33. The zero-order valence-electron chi connectivity index (χ0n) is 12.0. The van der Waals surface area contributed by atoms with Gasteiger partial charge in [0.15, 0.2) is 0 Å². The van der Waals surface area contributed by atoms with E-state index in [1.165, 1.54) is 0 Å². The summed E-state index contributed by atoms with van der Waals surface area (Å²) in [5.74, 6) is 1.81. The van der Waals surface area contributed by atoms with Crippen LogP contribution in [-0.4, -0.2) is 28.0 Å². The number of rotatable bonds is 6. The lowest BCUT2D eigenvalue weighted by Crippen LogP contribution is -2.17. The number of hydrogen-bond acceptors (Lipinski definition) is 5. The summed E-state index contributed by atoms with van der Waals surface area (Å²) >= 11 is 0. The lowest BCUT2D eigenvalue weighted by Gasteiger charge is -2.10. The van der Waals surface area contributed by atoms with E-state index >= 15 is 0 Å². The molecule has 1 heterocycles. The summed E-state index contributed by atoms with van der Waals surface area (Å²) in [6, 6.07) is 7.56. The van der Waals surface area contributed by atoms with Crippen LogP contribution in [0.25, 0.3) is 11.4 Å². The van der Waals surface area contributed by atoms with Crippen LogP contribution in [-0.2, 0) is 6.42 Å². The molecule has 1 atom stereocenters. The van der Waals surface area contributed by atoms with Crippen LogP contribution in [0.1, 0.15) is 26.7 Å². The summed E-state index contributed by atoms with van der Waals surface area (Å²) in [6.45, 7) is 6.41. The van der Waals surface area contributed by atoms with Gasteiger partial charge >= 0.3 is 0 Å². The van der Waals surface area contributed by atoms with E-state index in [0.29, 0.717) is 24.7 Å². The molecule has 5 nitrogen and oxygen atoms in total. The topological polar surface area (TPSA) is 68.4 Å². The SMILES string of the molecule is CCOc1ccccc1-c1noc(CC(O)C(C)C)n1. The molecule has 1 aromatic heterocycles. The molecule has 0 aliphatic heterocycles. The van der Waals surface area contributed by atoms with Crippen LogP contribution >= 0.6 is 0 Å². The second kappa shape index (κ2) is 6.52. The average molecular weight is 276 g/mol. The molecule has 2 aromatic rings. The summed E-state index contributed by atoms with van der Waals surface area (Å²) in [5.41, 5.74) is 0.795. The molecule has 0 bridgehead atoms. The molecule has 0 aliphatic carbocycles. The normalized spacial score (nSPS) is 12.7. The molecule has 1 unspecified atom stereocenters. The first-order valence-electron chi connectivity index (χ1n) is 6.84. The predicted octanol–water partition coefficient (Wildman–Crippen LogP) is 2.69. The van der Waals surface area contributed by atoms with Crippen molar-refractivity contribution in [3.05, 3.63) is 30.2 Å². The molecule has 108 valence electrons. The smallest absolute Gasteiger partial charge is 0.229 e. The second-order valence-electron chi connectivity index (χ2n) is 4.96. The Morgan fingerprint density at radius 2 is 2.05 bits per heavy atom. The minimum Gasteiger partial charge on any atom is -0.493 e. The molecule has 0 radical (unpaired) electrons. The Balaban J connectivity index is 2.20. The Hall–Kier alpha value is -1.88. The van der Waals surface area contributed by atoms with Crippen LogP contribution in [0.3, 0.4) is 0 Å². The summed E-state index contributed by atoms with van der Waals surface area (Å²) < 4.78 is 10.7. The van der Waals surface area contributed by atoms with Gasteiger partial charge in [0.1, 0.15) is 5.75 Å². The van der Waals surface area contributed by atoms with E-state index in [9.17, 15) is 5.11 Å². The van der Waals surface area contributed by atoms with Gasteiger partial charge in [-0.1, -0.05) is 31.1 Å². The number of aliphatic hydroxyl groups is 1. The molecule has 0 spiro atoms. The third-order valence-corrected chi connectivity index (χ3v) is 3.05. The van der Waals surface area contributed by atoms with Crippen LogP contribution in [0.2, 0.25) is 0 Å². The van der Waals surface area contributed by atoms with Crippen LogP contribution in [0.15, 0.2) is 28.8 Å². The third kappa shape index (κ3) is 3.36. The van der Waals surface area contributed by atoms with E-state index in [-0.39, 0.29) is 5.92 Å². The monoisotopic (exact) mass is 276 g/mol. The van der Waals surface area contributed by atoms with Gasteiger partial charge in [0.2, 0.25) is 11.7 Å². The van der Waals surface area contributed by atoms with E-state index in [1.54, 1.807) is 0 Å². The molecule has 0 saturated carbocycles. The fourth-order valence-electron chi connectivity index (χ4n) is 1.79. The van der Waals surface area contributed by atoms with Crippen molar-refractivity contribution in [2.75, 3.05) is 6.61 Å². The van der Waals surface area contributed by atoms with Gasteiger partial charge in [-0.3, -0.25) is 0 Å². The van der Waals surface area contributed by atoms with Crippen molar-refractivity contribution in [1.29, 1.82) is 0 Å². The van der Waals surface area contributed by atoms with Crippen LogP contribution in [0.5, 0.6) is 5.75 Å². The Labute approximate surface area is 118 Å². The fourth-order valence-corrected chi connectivity index (χ4v) is 1.79. The quantitative estimate of drug-likeness (QED) is 0.878. The molecule has 0 amide bonds. The molecule has 0 aliphatic rings. The lowest BCUT2D eigenvalue weighted by molar-refractivity contribution is 0.116. The standard InChI is InChI=1S/C15H20N2O3/c1-4-19-13-8-6-5-7-11(13)15-16-14(20-17-15)9-12(18)10(2)3/h5-8,10,12,18H,4,9H2,1-3H3. The van der Waals surface area contributed by atoms with Gasteiger partial charge in [-0.2, -0.15) is 4.98 Å². The van der Waals surface area contributed by atoms with Crippen molar-refractivity contribution in [3.63, 3.8) is 0 Å². The highest BCUT2D eigenvalue weighted by Gasteiger charge is 2.17. The van der Waals surface area contributed by atoms with E-state index in [0.717, 1.165) is 11.3 Å². The minimum absolute atomic E-state index is 0.154. The zero-order valence-corrected chi connectivity index (χ0v) is 12.0. The minimum atomic E-state index is -0.481. The van der Waals surface area contributed by atoms with Crippen LogP contribution in [0.4, 0.5) is 0 Å². The van der Waals surface area contributed by atoms with Crippen molar-refractivity contribution in [2.45, 2.75) is 33.3 Å². The number of para-hydroxylation sites is 1. The number of ether oxygens (including phenoxy) is 1. The average Bonchev–Trinajstić information content (AvgIpc) is 2.88. The van der Waals surface area contributed by atoms with Gasteiger partial charge in [-0.25, -0.2) is 0 Å². The molecule has 0 fully saturated rings. The van der Waals surface area contributed by atoms with Gasteiger partial charge in [-0.05, 0) is 25.0 Å². The largest absolute Gasteiger partial charge is 0.493 e. The first kappa shape index (κ1) is 14.5. The van der Waals surface area contributed by atoms with Crippen molar-refractivity contribution in [3.8, 4) is 17.1 Å². The van der Waals surface area contributed by atoms with Crippen LogP contribution in [0, 0.1) is 5.92 Å². The number of hydrogen-bond donors (Lipinski definition) is 1. The second-order valence-corrected chi connectivity index (χ2v) is 4.96. The maximum Gasteiger partial charge on any atom is 0.229 e. The van der Waals surface area contributed by atoms with E-state index < -0.39 is 6.10 Å². The Bertz CT molecular complexity index is 552. The third-order valence-electron chi connectivity index (χ3n) is 3.05. The van der Waals surface area contributed by atoms with Gasteiger partial charge in [0.05, 0.1) is 24.7 Å². The molecule has 5 heteroatoms. The lowest BCUT2D eigenvalue weighted by atomic mass is 10.0. The highest BCUT2D eigenvalue weighted by Crippen LogP contribution is 2.27. The Morgan fingerprint density at radius 3 is 2.75 bits per heavy atom. The first-order valence-corrected chi connectivity index (χ1v) is 6.84. The maximum absolute atomic E-state index is 9.85. The molecule has 1 N–H and O–H groups in total. The van der Waals surface area contributed by atoms with Crippen molar-refractivity contribution >= 4 is 0 Å². The molecule has 20 heavy (non-hydrogen) atoms. The number of benzene rings is 1. The fraction of sp³-hybridized carbons (Fsp3) is 0.467. The van der Waals surface area contributed by atoms with Gasteiger partial charge in [-0.15, -0.1) is 0 Å². The van der Waals surface area contributed by atoms with E-state index in [4.69, 9.17) is 9.26 Å². The van der Waals surface area contributed by atoms with Crippen molar-refractivity contribution in [1.82, 2.24) is 10.1 Å². The van der Waals surface area contributed by atoms with E-state index in [1.807, 2.05) is 45.0 Å². The predicted molar refractivity (Wildman–Crippen MR) is 75.5 cm³/mol. The zero-order chi connectivity index (χ0) is 14.5. The molecular weight excluding hydrogens is 256 g/mol. The first-order chi connectivity index (χ1) is 9.61. The maximum atomic E-state index is 9.85. The van der Waals surface area contributed by atoms with Crippen molar-refractivity contribution in [2.24, 2.45) is 5.92 Å². The Kier molecular flexibility index (Phi) is 4.74. The van der Waals surface area contributed by atoms with Gasteiger partial charge < -0.3 is 14.4 Å². The van der Waals surface area contributed by atoms with Gasteiger partial charge in [0, 0.05) is 0 Å². The molecular formula is C15H20N2O3. The number of nitrogens with zero attached hydrogens (tertiary/aromatic N) is 2. The van der Waals surface area contributed by atoms with Crippen molar-refractivity contribution < 1.29 is 14.4 Å². The number of aromatic nitrogens is 2. The highest BCUT2D eigenvalue weighted by molar-refractivity contribution is 5.63. The van der Waals surface area contributed by atoms with Gasteiger partial charge in [0.25, 0.3) is 0 Å². The Morgan fingerprint density at radius 1 is 1.30 bits per heavy atom. The van der Waals surface area contributed by atoms with E-state index in [2.05, 4.69) is 10.1 Å². The summed E-state index contributed by atoms with van der Waals surface area (Å²) in [6.07, 6.45) is -0.119.